The molecular weight excluding hydrogens is 260 g/mol. The van der Waals surface area contributed by atoms with Crippen LogP contribution in [0.1, 0.15) is 83.5 Å². The first-order valence-electron chi connectivity index (χ1n) is 8.73. The highest BCUT2D eigenvalue weighted by Crippen LogP contribution is 2.10. The molecule has 0 amide bonds. The van der Waals surface area contributed by atoms with Crippen LogP contribution in [-0.2, 0) is 0 Å². The zero-order chi connectivity index (χ0) is 15.8. The Morgan fingerprint density at radius 2 is 0.857 bits per heavy atom. The fourth-order valence-corrected chi connectivity index (χ4v) is 2.46. The van der Waals surface area contributed by atoms with Gasteiger partial charge in [-0.15, -0.1) is 0 Å². The van der Waals surface area contributed by atoms with Crippen LogP contribution in [0.25, 0.3) is 0 Å². The highest BCUT2D eigenvalue weighted by atomic mass is 14.5. The van der Waals surface area contributed by atoms with Crippen molar-refractivity contribution >= 4 is 11.4 Å². The lowest BCUT2D eigenvalue weighted by molar-refractivity contribution is 0.624. The van der Waals surface area contributed by atoms with Crippen molar-refractivity contribution in [1.29, 1.82) is 10.8 Å². The Morgan fingerprint density at radius 1 is 0.524 bits per heavy atom. The van der Waals surface area contributed by atoms with E-state index in [1.54, 1.807) is 0 Å². The van der Waals surface area contributed by atoms with Crippen LogP contribution < -0.4 is 11.5 Å². The van der Waals surface area contributed by atoms with Crippen LogP contribution in [-0.4, -0.2) is 24.5 Å². The van der Waals surface area contributed by atoms with Gasteiger partial charge in [0.2, 0.25) is 0 Å². The summed E-state index contributed by atoms with van der Waals surface area (Å²) in [6.45, 7) is 1.58. The zero-order valence-electron chi connectivity index (χ0n) is 13.8. The van der Waals surface area contributed by atoms with Gasteiger partial charge in [-0.25, -0.2) is 0 Å². The summed E-state index contributed by atoms with van der Waals surface area (Å²) in [5.74, 6) is 0. The van der Waals surface area contributed by atoms with E-state index in [-0.39, 0.29) is 0 Å². The van der Waals surface area contributed by atoms with Crippen LogP contribution in [0, 0.1) is 10.8 Å². The van der Waals surface area contributed by atoms with E-state index in [1.165, 1.54) is 38.5 Å². The minimum atomic E-state index is 0.589. The average molecular weight is 297 g/mol. The molecule has 0 rings (SSSR count). The number of unbranched alkanes of at least 4 members (excludes halogenated alkanes) is 8. The quantitative estimate of drug-likeness (QED) is 0.255. The Labute approximate surface area is 131 Å². The van der Waals surface area contributed by atoms with Gasteiger partial charge in [-0.1, -0.05) is 38.5 Å². The number of rotatable bonds is 16. The molecule has 4 heteroatoms. The van der Waals surface area contributed by atoms with Gasteiger partial charge in [0.05, 0.1) is 0 Å². The maximum atomic E-state index is 7.93. The average Bonchev–Trinajstić information content (AvgIpc) is 2.46. The van der Waals surface area contributed by atoms with Crippen LogP contribution in [0.2, 0.25) is 0 Å². The van der Waals surface area contributed by atoms with Gasteiger partial charge in [0, 0.05) is 17.8 Å². The lowest BCUT2D eigenvalue weighted by atomic mass is 10.0. The molecule has 0 aliphatic rings. The van der Waals surface area contributed by atoms with Crippen LogP contribution in [0.4, 0.5) is 0 Å². The summed E-state index contributed by atoms with van der Waals surface area (Å²) in [5.41, 5.74) is 12.4. The molecule has 0 saturated carbocycles. The summed E-state index contributed by atoms with van der Waals surface area (Å²) in [6.07, 6.45) is 14.0. The molecular formula is C17H36N4. The molecule has 0 aliphatic carbocycles. The summed E-state index contributed by atoms with van der Waals surface area (Å²) in [5, 5.41) is 15.9. The first kappa shape index (κ1) is 20.3. The molecule has 4 nitrogen and oxygen atoms in total. The Hall–Kier alpha value is -0.740. The summed E-state index contributed by atoms with van der Waals surface area (Å²) >= 11 is 0. The van der Waals surface area contributed by atoms with Crippen molar-refractivity contribution in [2.45, 2.75) is 83.5 Å². The molecule has 0 fully saturated rings. The monoisotopic (exact) mass is 296 g/mol. The molecule has 0 radical (unpaired) electrons. The summed E-state index contributed by atoms with van der Waals surface area (Å²) in [4.78, 5) is 0. The third-order valence-corrected chi connectivity index (χ3v) is 3.79. The number of nitrogens with two attached hydrogens (primary N) is 2. The van der Waals surface area contributed by atoms with E-state index in [0.29, 0.717) is 6.42 Å². The normalized spacial score (nSPS) is 10.8. The van der Waals surface area contributed by atoms with Gasteiger partial charge in [0.1, 0.15) is 0 Å². The molecule has 0 bridgehead atoms. The smallest absolute Gasteiger partial charge is 0.0229 e. The zero-order valence-corrected chi connectivity index (χ0v) is 13.8. The standard InChI is InChI=1S/C17H36N4/c18-13-9-5-1-3-7-11-16(20)15-17(21)12-8-4-2-6-10-14-19/h20-21H,1-15,18-19H2. The van der Waals surface area contributed by atoms with Crippen molar-refractivity contribution in [3.05, 3.63) is 0 Å². The highest BCUT2D eigenvalue weighted by molar-refractivity contribution is 6.01. The van der Waals surface area contributed by atoms with E-state index in [2.05, 4.69) is 0 Å². The summed E-state index contributed by atoms with van der Waals surface area (Å²) in [6, 6.07) is 0. The van der Waals surface area contributed by atoms with Crippen molar-refractivity contribution in [3.63, 3.8) is 0 Å². The van der Waals surface area contributed by atoms with Gasteiger partial charge >= 0.3 is 0 Å². The summed E-state index contributed by atoms with van der Waals surface area (Å²) < 4.78 is 0. The van der Waals surface area contributed by atoms with Crippen LogP contribution in [0.5, 0.6) is 0 Å². The Morgan fingerprint density at radius 3 is 1.24 bits per heavy atom. The minimum Gasteiger partial charge on any atom is -0.330 e. The van der Waals surface area contributed by atoms with Gasteiger partial charge in [-0.3, -0.25) is 0 Å². The van der Waals surface area contributed by atoms with E-state index >= 15 is 0 Å². The molecule has 0 aliphatic heterocycles. The predicted molar refractivity (Wildman–Crippen MR) is 93.6 cm³/mol. The second kappa shape index (κ2) is 15.6. The van der Waals surface area contributed by atoms with Crippen molar-refractivity contribution in [3.8, 4) is 0 Å². The molecule has 0 atom stereocenters. The van der Waals surface area contributed by atoms with Crippen molar-refractivity contribution in [1.82, 2.24) is 0 Å². The van der Waals surface area contributed by atoms with Crippen molar-refractivity contribution in [2.24, 2.45) is 11.5 Å². The molecule has 0 aromatic rings. The molecule has 0 aromatic carbocycles. The molecule has 0 unspecified atom stereocenters. The molecule has 21 heavy (non-hydrogen) atoms. The van der Waals surface area contributed by atoms with E-state index < -0.39 is 0 Å². The van der Waals surface area contributed by atoms with Crippen molar-refractivity contribution < 1.29 is 0 Å². The second-order valence-corrected chi connectivity index (χ2v) is 6.00. The SMILES string of the molecule is N=C(CCCCCCCN)CC(=N)CCCCCCCN. The van der Waals surface area contributed by atoms with Gasteiger partial charge in [-0.2, -0.15) is 0 Å². The van der Waals surface area contributed by atoms with E-state index in [0.717, 1.165) is 63.0 Å². The number of nitrogens with one attached hydrogen (secondary N) is 2. The topological polar surface area (TPSA) is 99.7 Å². The lowest BCUT2D eigenvalue weighted by Crippen LogP contribution is -2.06. The van der Waals surface area contributed by atoms with Crippen LogP contribution in [0.15, 0.2) is 0 Å². The maximum Gasteiger partial charge on any atom is 0.0229 e. The first-order valence-corrected chi connectivity index (χ1v) is 8.73. The Kier molecular flexibility index (Phi) is 15.1. The fourth-order valence-electron chi connectivity index (χ4n) is 2.46. The number of hydrogen-bond donors (Lipinski definition) is 4. The Bertz CT molecular complexity index is 238. The van der Waals surface area contributed by atoms with Gasteiger partial charge < -0.3 is 22.3 Å². The highest BCUT2D eigenvalue weighted by Gasteiger charge is 2.03. The third-order valence-electron chi connectivity index (χ3n) is 3.79. The number of hydrogen-bond acceptors (Lipinski definition) is 4. The fraction of sp³-hybridized carbons (Fsp3) is 0.882. The van der Waals surface area contributed by atoms with Gasteiger partial charge in [0.15, 0.2) is 0 Å². The predicted octanol–water partition coefficient (Wildman–Crippen LogP) is 4.01. The molecule has 0 heterocycles. The van der Waals surface area contributed by atoms with Gasteiger partial charge in [-0.05, 0) is 51.6 Å². The van der Waals surface area contributed by atoms with Crippen LogP contribution >= 0.6 is 0 Å². The maximum absolute atomic E-state index is 7.93. The lowest BCUT2D eigenvalue weighted by Gasteiger charge is -2.06. The summed E-state index contributed by atoms with van der Waals surface area (Å²) in [7, 11) is 0. The largest absolute Gasteiger partial charge is 0.330 e. The van der Waals surface area contributed by atoms with E-state index in [1.807, 2.05) is 0 Å². The van der Waals surface area contributed by atoms with Crippen molar-refractivity contribution in [2.75, 3.05) is 13.1 Å². The first-order chi connectivity index (χ1) is 10.2. The third kappa shape index (κ3) is 15.5. The van der Waals surface area contributed by atoms with Gasteiger partial charge in [0.25, 0.3) is 0 Å². The molecule has 0 spiro atoms. The molecule has 6 N–H and O–H groups in total. The molecule has 0 saturated heterocycles. The Balaban J connectivity index is 3.38. The molecule has 0 aromatic heterocycles. The van der Waals surface area contributed by atoms with E-state index in [4.69, 9.17) is 22.3 Å². The van der Waals surface area contributed by atoms with E-state index in [9.17, 15) is 0 Å². The van der Waals surface area contributed by atoms with Crippen LogP contribution in [0.3, 0.4) is 0 Å². The second-order valence-electron chi connectivity index (χ2n) is 6.00. The molecule has 124 valence electrons. The minimum absolute atomic E-state index is 0.589.